The van der Waals surface area contributed by atoms with Crippen molar-refractivity contribution >= 4 is 23.8 Å². The minimum absolute atomic E-state index is 0.0358. The van der Waals surface area contributed by atoms with Gasteiger partial charge in [0.2, 0.25) is 17.7 Å². The van der Waals surface area contributed by atoms with Gasteiger partial charge >= 0.3 is 6.03 Å². The van der Waals surface area contributed by atoms with Crippen molar-refractivity contribution in [3.8, 4) is 0 Å². The lowest BCUT2D eigenvalue weighted by Crippen LogP contribution is -2.60. The fourth-order valence-electron chi connectivity index (χ4n) is 2.21. The largest absolute Gasteiger partial charge is 0.354 e. The van der Waals surface area contributed by atoms with Crippen molar-refractivity contribution in [3.63, 3.8) is 0 Å². The fourth-order valence-corrected chi connectivity index (χ4v) is 2.21. The number of nitrogens with zero attached hydrogens (tertiary/aromatic N) is 1. The summed E-state index contributed by atoms with van der Waals surface area (Å²) in [7, 11) is 0. The first kappa shape index (κ1) is 14.5. The third-order valence-corrected chi connectivity index (χ3v) is 3.54. The highest BCUT2D eigenvalue weighted by molar-refractivity contribution is 6.16. The van der Waals surface area contributed by atoms with Crippen molar-refractivity contribution in [1.82, 2.24) is 15.5 Å². The third-order valence-electron chi connectivity index (χ3n) is 3.54. The molecule has 1 saturated heterocycles. The summed E-state index contributed by atoms with van der Waals surface area (Å²) >= 11 is 0. The molecule has 7 heteroatoms. The molecule has 7 nitrogen and oxygen atoms in total. The molecule has 1 heterocycles. The van der Waals surface area contributed by atoms with Gasteiger partial charge in [-0.3, -0.25) is 24.6 Å². The molecule has 1 aliphatic carbocycles. The Labute approximate surface area is 117 Å². The monoisotopic (exact) mass is 281 g/mol. The number of hydrogen-bond donors (Lipinski definition) is 2. The van der Waals surface area contributed by atoms with Gasteiger partial charge < -0.3 is 5.32 Å². The summed E-state index contributed by atoms with van der Waals surface area (Å²) in [5, 5.41) is 4.87. The number of imide groups is 2. The molecule has 110 valence electrons. The number of nitrogens with one attached hydrogen (secondary N) is 2. The number of urea groups is 1. The second kappa shape index (κ2) is 5.60. The lowest BCUT2D eigenvalue weighted by molar-refractivity contribution is -0.144. The molecule has 2 N–H and O–H groups in total. The average Bonchev–Trinajstić information content (AvgIpc) is 3.16. The highest BCUT2D eigenvalue weighted by atomic mass is 16.2. The molecule has 1 unspecified atom stereocenters. The zero-order chi connectivity index (χ0) is 14.9. The van der Waals surface area contributed by atoms with Crippen LogP contribution in [0.25, 0.3) is 0 Å². The molecule has 2 fully saturated rings. The Morgan fingerprint density at radius 2 is 2.00 bits per heavy atom. The van der Waals surface area contributed by atoms with E-state index in [0.29, 0.717) is 0 Å². The predicted octanol–water partition coefficient (Wildman–Crippen LogP) is -0.137. The van der Waals surface area contributed by atoms with Crippen molar-refractivity contribution in [1.29, 1.82) is 0 Å². The molecule has 20 heavy (non-hydrogen) atoms. The predicted molar refractivity (Wildman–Crippen MR) is 69.3 cm³/mol. The summed E-state index contributed by atoms with van der Waals surface area (Å²) in [6, 6.07) is -0.711. The van der Waals surface area contributed by atoms with Crippen LogP contribution < -0.4 is 10.6 Å². The van der Waals surface area contributed by atoms with Crippen LogP contribution in [-0.4, -0.2) is 41.7 Å². The van der Waals surface area contributed by atoms with E-state index < -0.39 is 23.8 Å². The number of amides is 5. The van der Waals surface area contributed by atoms with Gasteiger partial charge in [-0.15, -0.1) is 0 Å². The van der Waals surface area contributed by atoms with E-state index >= 15 is 0 Å². The Kier molecular flexibility index (Phi) is 4.06. The van der Waals surface area contributed by atoms with Crippen LogP contribution in [0.1, 0.15) is 26.7 Å². The van der Waals surface area contributed by atoms with Crippen molar-refractivity contribution in [3.05, 3.63) is 0 Å². The van der Waals surface area contributed by atoms with Crippen LogP contribution in [0.5, 0.6) is 0 Å². The van der Waals surface area contributed by atoms with Crippen LogP contribution in [0.3, 0.4) is 0 Å². The average molecular weight is 281 g/mol. The molecule has 0 spiro atoms. The molecule has 1 saturated carbocycles. The summed E-state index contributed by atoms with van der Waals surface area (Å²) in [5.41, 5.74) is 0. The van der Waals surface area contributed by atoms with E-state index in [1.807, 2.05) is 0 Å². The summed E-state index contributed by atoms with van der Waals surface area (Å²) in [5.74, 6) is -2.01. The molecule has 1 atom stereocenters. The van der Waals surface area contributed by atoms with Crippen LogP contribution in [-0.2, 0) is 14.4 Å². The molecule has 0 aromatic carbocycles. The maximum absolute atomic E-state index is 12.1. The summed E-state index contributed by atoms with van der Waals surface area (Å²) < 4.78 is 0. The van der Waals surface area contributed by atoms with E-state index in [1.54, 1.807) is 13.8 Å². The lowest BCUT2D eigenvalue weighted by Gasteiger charge is -2.31. The number of carbonyl (C=O) groups excluding carboxylic acids is 4. The number of rotatable bonds is 5. The van der Waals surface area contributed by atoms with Crippen molar-refractivity contribution in [2.24, 2.45) is 17.8 Å². The Balaban J connectivity index is 1.91. The van der Waals surface area contributed by atoms with Gasteiger partial charge in [0, 0.05) is 19.0 Å². The number of barbiturate groups is 1. The summed E-state index contributed by atoms with van der Waals surface area (Å²) in [4.78, 5) is 47.9. The summed E-state index contributed by atoms with van der Waals surface area (Å²) in [6.07, 6.45) is 1.80. The standard InChI is InChI=1S/C13H19N3O4/c1-7(2)9-11(18)15-13(20)16(12(9)19)6-5-14-10(17)8-3-4-8/h7-9H,3-6H2,1-2H3,(H,14,17)(H,15,18,20). The van der Waals surface area contributed by atoms with Gasteiger partial charge in [-0.05, 0) is 18.8 Å². The van der Waals surface area contributed by atoms with E-state index in [-0.39, 0.29) is 30.8 Å². The Bertz CT molecular complexity index is 457. The highest BCUT2D eigenvalue weighted by Gasteiger charge is 2.41. The van der Waals surface area contributed by atoms with Gasteiger partial charge in [0.25, 0.3) is 0 Å². The maximum atomic E-state index is 12.1. The van der Waals surface area contributed by atoms with Crippen LogP contribution >= 0.6 is 0 Å². The van der Waals surface area contributed by atoms with E-state index in [9.17, 15) is 19.2 Å². The van der Waals surface area contributed by atoms with Crippen molar-refractivity contribution < 1.29 is 19.2 Å². The Morgan fingerprint density at radius 3 is 2.55 bits per heavy atom. The first-order valence-corrected chi connectivity index (χ1v) is 6.85. The molecule has 0 bridgehead atoms. The minimum Gasteiger partial charge on any atom is -0.354 e. The van der Waals surface area contributed by atoms with Crippen LogP contribution in [0.15, 0.2) is 0 Å². The smallest absolute Gasteiger partial charge is 0.330 e. The zero-order valence-corrected chi connectivity index (χ0v) is 11.6. The quantitative estimate of drug-likeness (QED) is 0.686. The molecule has 0 aromatic rings. The Hall–Kier alpha value is -1.92. The van der Waals surface area contributed by atoms with Gasteiger partial charge in [0.1, 0.15) is 5.92 Å². The highest BCUT2D eigenvalue weighted by Crippen LogP contribution is 2.28. The minimum atomic E-state index is -0.841. The fraction of sp³-hybridized carbons (Fsp3) is 0.692. The molecule has 5 amide bonds. The molecule has 0 radical (unpaired) electrons. The molecular weight excluding hydrogens is 262 g/mol. The molecule has 1 aliphatic heterocycles. The molecule has 0 aromatic heterocycles. The zero-order valence-electron chi connectivity index (χ0n) is 11.6. The first-order valence-electron chi connectivity index (χ1n) is 6.85. The van der Waals surface area contributed by atoms with Crippen molar-refractivity contribution in [2.45, 2.75) is 26.7 Å². The van der Waals surface area contributed by atoms with E-state index in [2.05, 4.69) is 10.6 Å². The molecular formula is C13H19N3O4. The normalized spacial score (nSPS) is 23.1. The summed E-state index contributed by atoms with van der Waals surface area (Å²) in [6.45, 7) is 3.81. The SMILES string of the molecule is CC(C)C1C(=O)NC(=O)N(CCNC(=O)C2CC2)C1=O. The van der Waals surface area contributed by atoms with E-state index in [0.717, 1.165) is 17.7 Å². The maximum Gasteiger partial charge on any atom is 0.330 e. The van der Waals surface area contributed by atoms with Crippen LogP contribution in [0.2, 0.25) is 0 Å². The molecule has 2 aliphatic rings. The van der Waals surface area contributed by atoms with Gasteiger partial charge in [0.15, 0.2) is 0 Å². The topological polar surface area (TPSA) is 95.6 Å². The van der Waals surface area contributed by atoms with E-state index in [4.69, 9.17) is 0 Å². The van der Waals surface area contributed by atoms with Crippen LogP contribution in [0.4, 0.5) is 4.79 Å². The van der Waals surface area contributed by atoms with Gasteiger partial charge in [-0.1, -0.05) is 13.8 Å². The number of carbonyl (C=O) groups is 4. The Morgan fingerprint density at radius 1 is 1.35 bits per heavy atom. The number of hydrogen-bond acceptors (Lipinski definition) is 4. The second-order valence-electron chi connectivity index (χ2n) is 5.57. The molecule has 2 rings (SSSR count). The van der Waals surface area contributed by atoms with Gasteiger partial charge in [-0.25, -0.2) is 4.79 Å². The van der Waals surface area contributed by atoms with Crippen molar-refractivity contribution in [2.75, 3.05) is 13.1 Å². The third kappa shape index (κ3) is 2.97. The van der Waals surface area contributed by atoms with Crippen LogP contribution in [0, 0.1) is 17.8 Å². The lowest BCUT2D eigenvalue weighted by atomic mass is 9.92. The second-order valence-corrected chi connectivity index (χ2v) is 5.57. The van der Waals surface area contributed by atoms with Gasteiger partial charge in [-0.2, -0.15) is 0 Å². The van der Waals surface area contributed by atoms with Gasteiger partial charge in [0.05, 0.1) is 0 Å². The first-order chi connectivity index (χ1) is 9.41. The van der Waals surface area contributed by atoms with E-state index in [1.165, 1.54) is 0 Å².